The Kier molecular flexibility index (Phi) is 4.20. The molecule has 0 aromatic heterocycles. The van der Waals surface area contributed by atoms with E-state index in [0.717, 1.165) is 6.42 Å². The minimum atomic E-state index is -0.122. The molecular weight excluding hydrogens is 236 g/mol. The molecule has 0 aromatic carbocycles. The lowest BCUT2D eigenvalue weighted by Gasteiger charge is -2.05. The third-order valence-corrected chi connectivity index (χ3v) is 3.34. The number of carbonyl (C=O) groups is 1. The van der Waals surface area contributed by atoms with Gasteiger partial charge in [-0.05, 0) is 49.4 Å². The summed E-state index contributed by atoms with van der Waals surface area (Å²) in [7, 11) is 0. The molecule has 0 saturated carbocycles. The van der Waals surface area contributed by atoms with Crippen molar-refractivity contribution < 1.29 is 9.53 Å². The van der Waals surface area contributed by atoms with Crippen molar-refractivity contribution in [2.45, 2.75) is 33.6 Å². The molecule has 0 heterocycles. The minimum Gasteiger partial charge on any atom is -0.466 e. The molecule has 0 aliphatic heterocycles. The molecule has 0 radical (unpaired) electrons. The van der Waals surface area contributed by atoms with E-state index >= 15 is 0 Å². The van der Waals surface area contributed by atoms with Gasteiger partial charge in [0.2, 0.25) is 0 Å². The van der Waals surface area contributed by atoms with Gasteiger partial charge in [0.25, 0.3) is 0 Å². The summed E-state index contributed by atoms with van der Waals surface area (Å²) in [5.74, 6) is -0.122. The molecule has 0 bridgehead atoms. The lowest BCUT2D eigenvalue weighted by molar-refractivity contribution is -0.143. The highest BCUT2D eigenvalue weighted by Gasteiger charge is 2.11. The molecule has 2 rings (SSSR count). The van der Waals surface area contributed by atoms with Gasteiger partial charge >= 0.3 is 5.97 Å². The Hall–Kier alpha value is -1.83. The van der Waals surface area contributed by atoms with Crippen LogP contribution in [0.25, 0.3) is 11.1 Å². The fourth-order valence-electron chi connectivity index (χ4n) is 2.53. The van der Waals surface area contributed by atoms with E-state index in [1.165, 1.54) is 27.8 Å². The van der Waals surface area contributed by atoms with E-state index in [-0.39, 0.29) is 5.97 Å². The smallest absolute Gasteiger partial charge is 0.306 e. The zero-order valence-electron chi connectivity index (χ0n) is 11.8. The lowest BCUT2D eigenvalue weighted by atomic mass is 10.0. The minimum absolute atomic E-state index is 0.122. The number of hydrogen-bond donors (Lipinski definition) is 0. The van der Waals surface area contributed by atoms with Crippen molar-refractivity contribution in [2.75, 3.05) is 6.61 Å². The Morgan fingerprint density at radius 3 is 2.63 bits per heavy atom. The van der Waals surface area contributed by atoms with Crippen molar-refractivity contribution in [2.24, 2.45) is 0 Å². The van der Waals surface area contributed by atoms with Crippen LogP contribution in [0.1, 0.15) is 30.0 Å². The summed E-state index contributed by atoms with van der Waals surface area (Å²) in [6.45, 7) is 6.51. The highest BCUT2D eigenvalue weighted by Crippen LogP contribution is 2.30. The van der Waals surface area contributed by atoms with Gasteiger partial charge in [0, 0.05) is 6.42 Å². The van der Waals surface area contributed by atoms with Crippen molar-refractivity contribution in [3.63, 3.8) is 0 Å². The van der Waals surface area contributed by atoms with Gasteiger partial charge in [-0.2, -0.15) is 0 Å². The average Bonchev–Trinajstić information content (AvgIpc) is 2.80. The van der Waals surface area contributed by atoms with Crippen LogP contribution in [0.4, 0.5) is 0 Å². The maximum Gasteiger partial charge on any atom is 0.306 e. The maximum absolute atomic E-state index is 11.5. The molecule has 0 unspecified atom stereocenters. The van der Waals surface area contributed by atoms with Crippen molar-refractivity contribution in [3.8, 4) is 11.1 Å². The Labute approximate surface area is 114 Å². The summed E-state index contributed by atoms with van der Waals surface area (Å²) < 4.78 is 5.00. The molecular formula is C17H20O2. The van der Waals surface area contributed by atoms with Crippen LogP contribution in [0, 0.1) is 13.8 Å². The second-order valence-electron chi connectivity index (χ2n) is 4.90. The Bertz CT molecular complexity index is 558. The van der Waals surface area contributed by atoms with E-state index in [1.54, 1.807) is 0 Å². The van der Waals surface area contributed by atoms with Crippen molar-refractivity contribution in [3.05, 3.63) is 47.0 Å². The van der Waals surface area contributed by atoms with Crippen molar-refractivity contribution in [1.29, 1.82) is 0 Å². The van der Waals surface area contributed by atoms with E-state index in [0.29, 0.717) is 13.0 Å². The van der Waals surface area contributed by atoms with Crippen molar-refractivity contribution >= 4 is 5.97 Å². The first kappa shape index (κ1) is 13.6. The van der Waals surface area contributed by atoms with Gasteiger partial charge in [-0.3, -0.25) is 4.79 Å². The number of ether oxygens (including phenoxy) is 1. The standard InChI is InChI=1S/C17H20O2/c1-4-19-17(18)9-8-14-11-12(2)10-13(3)15-6-5-7-16(14)15/h5-7,10-11H,4,8-9H2,1-3H3. The summed E-state index contributed by atoms with van der Waals surface area (Å²) in [5.41, 5.74) is 6.24. The Balaban J connectivity index is 2.28. The monoisotopic (exact) mass is 256 g/mol. The number of carbonyl (C=O) groups excluding carboxylic acids is 1. The summed E-state index contributed by atoms with van der Waals surface area (Å²) in [6.07, 6.45) is 1.17. The molecule has 0 N–H and O–H groups in total. The molecule has 0 atom stereocenters. The highest BCUT2D eigenvalue weighted by atomic mass is 16.5. The molecule has 2 aliphatic rings. The van der Waals surface area contributed by atoms with Gasteiger partial charge < -0.3 is 4.74 Å². The number of fused-ring (bicyclic) bond motifs is 1. The Morgan fingerprint density at radius 2 is 1.89 bits per heavy atom. The number of hydrogen-bond acceptors (Lipinski definition) is 2. The van der Waals surface area contributed by atoms with Crippen LogP contribution < -0.4 is 0 Å². The second-order valence-corrected chi connectivity index (χ2v) is 4.90. The molecule has 2 aliphatic carbocycles. The predicted molar refractivity (Wildman–Crippen MR) is 77.5 cm³/mol. The van der Waals surface area contributed by atoms with Gasteiger partial charge in [0.15, 0.2) is 0 Å². The molecule has 0 aromatic rings. The van der Waals surface area contributed by atoms with Gasteiger partial charge in [-0.25, -0.2) is 0 Å². The van der Waals surface area contributed by atoms with Crippen LogP contribution in [0.15, 0.2) is 30.3 Å². The van der Waals surface area contributed by atoms with Crippen LogP contribution >= 0.6 is 0 Å². The third kappa shape index (κ3) is 3.14. The normalized spacial score (nSPS) is 10.7. The number of rotatable bonds is 4. The molecule has 100 valence electrons. The largest absolute Gasteiger partial charge is 0.466 e. The second kappa shape index (κ2) is 5.87. The zero-order chi connectivity index (χ0) is 13.8. The van der Waals surface area contributed by atoms with Crippen LogP contribution in [0.2, 0.25) is 0 Å². The fourth-order valence-corrected chi connectivity index (χ4v) is 2.53. The molecule has 0 saturated heterocycles. The van der Waals surface area contributed by atoms with Gasteiger partial charge in [-0.1, -0.05) is 35.9 Å². The molecule has 0 amide bonds. The molecule has 2 heteroatoms. The van der Waals surface area contributed by atoms with E-state index < -0.39 is 0 Å². The molecule has 2 nitrogen and oxygen atoms in total. The summed E-state index contributed by atoms with van der Waals surface area (Å²) >= 11 is 0. The quantitative estimate of drug-likeness (QED) is 0.775. The first-order valence-electron chi connectivity index (χ1n) is 6.76. The van der Waals surface area contributed by atoms with Crippen LogP contribution in [-0.2, 0) is 16.0 Å². The molecule has 19 heavy (non-hydrogen) atoms. The maximum atomic E-state index is 11.5. The SMILES string of the molecule is CCOC(=O)CCc1cc(C)cc(C)c2cccc1-2. The topological polar surface area (TPSA) is 26.3 Å². The zero-order valence-corrected chi connectivity index (χ0v) is 11.8. The van der Waals surface area contributed by atoms with Crippen LogP contribution in [0.5, 0.6) is 0 Å². The van der Waals surface area contributed by atoms with E-state index in [1.807, 2.05) is 6.92 Å². The van der Waals surface area contributed by atoms with E-state index in [2.05, 4.69) is 44.2 Å². The van der Waals surface area contributed by atoms with Gasteiger partial charge in [0.05, 0.1) is 6.61 Å². The van der Waals surface area contributed by atoms with Crippen LogP contribution in [0.3, 0.4) is 0 Å². The van der Waals surface area contributed by atoms with Gasteiger partial charge in [0.1, 0.15) is 0 Å². The lowest BCUT2D eigenvalue weighted by Crippen LogP contribution is -2.05. The fraction of sp³-hybridized carbons (Fsp3) is 0.353. The number of aryl methyl sites for hydroxylation is 3. The Morgan fingerprint density at radius 1 is 1.16 bits per heavy atom. The van der Waals surface area contributed by atoms with E-state index in [4.69, 9.17) is 4.74 Å². The summed E-state index contributed by atoms with van der Waals surface area (Å²) in [5, 5.41) is 0. The molecule has 0 spiro atoms. The summed E-state index contributed by atoms with van der Waals surface area (Å²) in [6, 6.07) is 10.7. The highest BCUT2D eigenvalue weighted by molar-refractivity contribution is 5.75. The summed E-state index contributed by atoms with van der Waals surface area (Å²) in [4.78, 5) is 11.5. The van der Waals surface area contributed by atoms with E-state index in [9.17, 15) is 4.79 Å². The van der Waals surface area contributed by atoms with Crippen LogP contribution in [-0.4, -0.2) is 12.6 Å². The van der Waals surface area contributed by atoms with Crippen molar-refractivity contribution in [1.82, 2.24) is 0 Å². The predicted octanol–water partition coefficient (Wildman–Crippen LogP) is 3.90. The first-order valence-corrected chi connectivity index (χ1v) is 6.76. The average molecular weight is 256 g/mol. The molecule has 0 fully saturated rings. The third-order valence-electron chi connectivity index (χ3n) is 3.34. The van der Waals surface area contributed by atoms with Gasteiger partial charge in [-0.15, -0.1) is 0 Å². The first-order chi connectivity index (χ1) is 9.11. The number of esters is 1.